The van der Waals surface area contributed by atoms with Crippen LogP contribution in [0.15, 0.2) is 97.1 Å². The third kappa shape index (κ3) is 3.34. The molecule has 0 aliphatic heterocycles. The van der Waals surface area contributed by atoms with Crippen LogP contribution in [0.3, 0.4) is 0 Å². The lowest BCUT2D eigenvalue weighted by molar-refractivity contribution is -0.633. The van der Waals surface area contributed by atoms with Crippen LogP contribution < -0.4 is 4.57 Å². The first-order valence-corrected chi connectivity index (χ1v) is 13.8. The lowest BCUT2D eigenvalue weighted by atomic mass is 10.0. The van der Waals surface area contributed by atoms with E-state index in [4.69, 9.17) is 4.98 Å². The van der Waals surface area contributed by atoms with Crippen LogP contribution in [0.2, 0.25) is 0 Å². The van der Waals surface area contributed by atoms with Gasteiger partial charge in [-0.05, 0) is 67.1 Å². The number of thiazole rings is 1. The Hall–Kier alpha value is -4.28. The van der Waals surface area contributed by atoms with Gasteiger partial charge in [-0.1, -0.05) is 72.8 Å². The van der Waals surface area contributed by atoms with Gasteiger partial charge in [-0.15, -0.1) is 11.3 Å². The van der Waals surface area contributed by atoms with Gasteiger partial charge in [0.05, 0.1) is 22.8 Å². The Labute approximate surface area is 226 Å². The molecule has 0 radical (unpaired) electrons. The van der Waals surface area contributed by atoms with E-state index in [2.05, 4.69) is 134 Å². The van der Waals surface area contributed by atoms with Crippen LogP contribution in [0.1, 0.15) is 16.7 Å². The quantitative estimate of drug-likeness (QED) is 0.218. The van der Waals surface area contributed by atoms with E-state index in [9.17, 15) is 0 Å². The van der Waals surface area contributed by atoms with Gasteiger partial charge in [-0.2, -0.15) is 4.57 Å². The van der Waals surface area contributed by atoms with Gasteiger partial charge in [-0.25, -0.2) is 9.55 Å². The molecule has 2 heterocycles. The van der Waals surface area contributed by atoms with Crippen molar-refractivity contribution in [3.63, 3.8) is 0 Å². The molecule has 0 atom stereocenters. The van der Waals surface area contributed by atoms with Gasteiger partial charge in [0.2, 0.25) is 0 Å². The third-order valence-corrected chi connectivity index (χ3v) is 8.81. The molecule has 0 aliphatic rings. The third-order valence-electron chi connectivity index (χ3n) is 7.71. The lowest BCUT2D eigenvalue weighted by Gasteiger charge is -2.09. The van der Waals surface area contributed by atoms with Crippen LogP contribution >= 0.6 is 11.3 Å². The molecule has 0 saturated heterocycles. The minimum absolute atomic E-state index is 1.04. The summed E-state index contributed by atoms with van der Waals surface area (Å²) in [7, 11) is 2.19. The largest absolute Gasteiger partial charge is 0.296 e. The van der Waals surface area contributed by atoms with E-state index < -0.39 is 0 Å². The molecule has 5 aromatic carbocycles. The fourth-order valence-corrected chi connectivity index (χ4v) is 7.20. The van der Waals surface area contributed by atoms with Crippen molar-refractivity contribution in [2.24, 2.45) is 7.05 Å². The van der Waals surface area contributed by atoms with Gasteiger partial charge in [0.15, 0.2) is 11.0 Å². The first-order valence-electron chi connectivity index (χ1n) is 13.0. The minimum atomic E-state index is 1.04. The van der Waals surface area contributed by atoms with Gasteiger partial charge < -0.3 is 0 Å². The highest BCUT2D eigenvalue weighted by molar-refractivity contribution is 7.22. The maximum Gasteiger partial charge on any atom is 0.296 e. The summed E-state index contributed by atoms with van der Waals surface area (Å²) in [4.78, 5) is 5.17. The molecule has 0 fully saturated rings. The zero-order valence-corrected chi connectivity index (χ0v) is 22.8. The highest BCUT2D eigenvalue weighted by atomic mass is 32.1. The number of aromatic nitrogens is 3. The Morgan fingerprint density at radius 1 is 0.684 bits per heavy atom. The number of benzene rings is 5. The minimum Gasteiger partial charge on any atom is -0.236 e. The second kappa shape index (κ2) is 8.64. The highest BCUT2D eigenvalue weighted by Crippen LogP contribution is 2.41. The lowest BCUT2D eigenvalue weighted by Crippen LogP contribution is -2.30. The Kier molecular flexibility index (Phi) is 5.20. The van der Waals surface area contributed by atoms with Crippen molar-refractivity contribution in [3.8, 4) is 27.6 Å². The maximum absolute atomic E-state index is 5.17. The Morgan fingerprint density at radius 3 is 2.21 bits per heavy atom. The van der Waals surface area contributed by atoms with E-state index in [1.165, 1.54) is 65.8 Å². The van der Waals surface area contributed by atoms with Crippen LogP contribution in [0, 0.1) is 20.8 Å². The maximum atomic E-state index is 5.17. The number of para-hydroxylation sites is 2. The van der Waals surface area contributed by atoms with Gasteiger partial charge >= 0.3 is 0 Å². The van der Waals surface area contributed by atoms with Crippen molar-refractivity contribution in [1.82, 2.24) is 9.55 Å². The topological polar surface area (TPSA) is 21.7 Å². The number of imidazole rings is 1. The van der Waals surface area contributed by atoms with Crippen LogP contribution in [0.4, 0.5) is 0 Å². The summed E-state index contributed by atoms with van der Waals surface area (Å²) in [6.45, 7) is 6.58. The molecule has 3 nitrogen and oxygen atoms in total. The molecule has 0 spiro atoms. The summed E-state index contributed by atoms with van der Waals surface area (Å²) in [5, 5.41) is 3.56. The van der Waals surface area contributed by atoms with Gasteiger partial charge in [0.25, 0.3) is 5.82 Å². The molecule has 4 heteroatoms. The summed E-state index contributed by atoms with van der Waals surface area (Å²) in [6, 6.07) is 34.8. The smallest absolute Gasteiger partial charge is 0.236 e. The summed E-state index contributed by atoms with van der Waals surface area (Å²) < 4.78 is 6.01. The Bertz CT molecular complexity index is 2000. The molecule has 2 aromatic heterocycles. The normalized spacial score (nSPS) is 11.7. The molecule has 0 N–H and O–H groups in total. The predicted molar refractivity (Wildman–Crippen MR) is 160 cm³/mol. The first kappa shape index (κ1) is 22.9. The van der Waals surface area contributed by atoms with Crippen LogP contribution in [0.5, 0.6) is 0 Å². The van der Waals surface area contributed by atoms with E-state index in [-0.39, 0.29) is 0 Å². The number of fused-ring (bicyclic) bond motifs is 3. The van der Waals surface area contributed by atoms with E-state index in [1.54, 1.807) is 11.3 Å². The van der Waals surface area contributed by atoms with Crippen molar-refractivity contribution in [2.45, 2.75) is 20.8 Å². The Balaban J connectivity index is 1.61. The van der Waals surface area contributed by atoms with Gasteiger partial charge in [0, 0.05) is 10.9 Å². The van der Waals surface area contributed by atoms with Gasteiger partial charge in [0.1, 0.15) is 10.7 Å². The molecule has 0 bridgehead atoms. The highest BCUT2D eigenvalue weighted by Gasteiger charge is 2.30. The SMILES string of the molecule is Cc1cccc(C)c1-c1nc2ccc(C)c(-c3n(-c4cccc5ccccc45)c4ccccc4[n+]3C)c2s1. The molecular weight excluding hydrogens is 482 g/mol. The molecule has 38 heavy (non-hydrogen) atoms. The molecular formula is C34H28N3S+. The summed E-state index contributed by atoms with van der Waals surface area (Å²) >= 11 is 1.80. The Morgan fingerprint density at radius 2 is 1.37 bits per heavy atom. The second-order valence-electron chi connectivity index (χ2n) is 10.1. The van der Waals surface area contributed by atoms with E-state index >= 15 is 0 Å². The van der Waals surface area contributed by atoms with Gasteiger partial charge in [-0.3, -0.25) is 0 Å². The van der Waals surface area contributed by atoms with Crippen molar-refractivity contribution in [3.05, 3.63) is 114 Å². The molecule has 0 amide bonds. The van der Waals surface area contributed by atoms with Crippen LogP contribution in [-0.4, -0.2) is 9.55 Å². The second-order valence-corrected chi connectivity index (χ2v) is 11.1. The van der Waals surface area contributed by atoms with Crippen LogP contribution in [0.25, 0.3) is 59.7 Å². The van der Waals surface area contributed by atoms with E-state index in [0.717, 1.165) is 10.5 Å². The standard InChI is InChI=1S/C34H28N3S/c1-21-11-9-12-22(2)30(21)33-35-26-20-19-23(3)31(32(26)38-33)34-36(4)28-16-7-8-17-29(28)37(34)27-18-10-14-24-13-5-6-15-25(24)27/h5-20H,1-4H3/q+1. The van der Waals surface area contributed by atoms with Crippen molar-refractivity contribution in [1.29, 1.82) is 0 Å². The monoisotopic (exact) mass is 510 g/mol. The predicted octanol–water partition coefficient (Wildman–Crippen LogP) is 8.48. The average Bonchev–Trinajstić information content (AvgIpc) is 3.47. The van der Waals surface area contributed by atoms with Crippen molar-refractivity contribution >= 4 is 43.4 Å². The average molecular weight is 511 g/mol. The molecule has 0 unspecified atom stereocenters. The molecule has 184 valence electrons. The fraction of sp³-hybridized carbons (Fsp3) is 0.118. The number of hydrogen-bond donors (Lipinski definition) is 0. The number of nitrogens with zero attached hydrogens (tertiary/aromatic N) is 3. The van der Waals surface area contributed by atoms with Crippen molar-refractivity contribution < 1.29 is 4.57 Å². The van der Waals surface area contributed by atoms with Crippen LogP contribution in [-0.2, 0) is 7.05 Å². The van der Waals surface area contributed by atoms with E-state index in [0.29, 0.717) is 0 Å². The molecule has 0 aliphatic carbocycles. The number of hydrogen-bond acceptors (Lipinski definition) is 2. The summed E-state index contributed by atoms with van der Waals surface area (Å²) in [5.74, 6) is 1.17. The number of aryl methyl sites for hydroxylation is 4. The molecule has 0 saturated carbocycles. The zero-order chi connectivity index (χ0) is 26.0. The molecule has 7 aromatic rings. The summed E-state index contributed by atoms with van der Waals surface area (Å²) in [6.07, 6.45) is 0. The fourth-order valence-electron chi connectivity index (χ4n) is 5.87. The van der Waals surface area contributed by atoms with E-state index in [1.807, 2.05) is 0 Å². The van der Waals surface area contributed by atoms with Crippen molar-refractivity contribution in [2.75, 3.05) is 0 Å². The summed E-state index contributed by atoms with van der Waals surface area (Å²) in [5.41, 5.74) is 10.9. The zero-order valence-electron chi connectivity index (χ0n) is 22.0. The number of rotatable bonds is 3. The first-order chi connectivity index (χ1) is 18.5. The molecule has 7 rings (SSSR count).